The Labute approximate surface area is 218 Å². The van der Waals surface area contributed by atoms with Gasteiger partial charge in [0.15, 0.2) is 0 Å². The second-order valence-electron chi connectivity index (χ2n) is 10.7. The van der Waals surface area contributed by atoms with Crippen LogP contribution in [0.4, 0.5) is 13.6 Å². The highest BCUT2D eigenvalue weighted by Crippen LogP contribution is 2.32. The van der Waals surface area contributed by atoms with Gasteiger partial charge in [0.2, 0.25) is 0 Å². The van der Waals surface area contributed by atoms with E-state index >= 15 is 0 Å². The summed E-state index contributed by atoms with van der Waals surface area (Å²) >= 11 is 0. The molecular weight excluding hydrogens is 492 g/mol. The van der Waals surface area contributed by atoms with Crippen LogP contribution in [0.15, 0.2) is 54.7 Å². The summed E-state index contributed by atoms with van der Waals surface area (Å²) in [6.45, 7) is 9.09. The molecule has 1 saturated heterocycles. The van der Waals surface area contributed by atoms with Crippen molar-refractivity contribution in [3.8, 4) is 11.3 Å². The molecule has 0 spiro atoms. The molecule has 0 radical (unpaired) electrons. The lowest BCUT2D eigenvalue weighted by molar-refractivity contribution is 0.0784. The molecule has 1 aliphatic rings. The molecular formula is C28H35F2N3O3Si. The molecule has 0 N–H and O–H groups in total. The van der Waals surface area contributed by atoms with E-state index in [0.29, 0.717) is 43.8 Å². The number of likely N-dealkylation sites (tertiary alicyclic amines) is 1. The minimum Gasteiger partial charge on any atom is -0.445 e. The van der Waals surface area contributed by atoms with Crippen molar-refractivity contribution >= 4 is 14.2 Å². The Bertz CT molecular complexity index is 1170. The molecule has 2 aromatic carbocycles. The smallest absolute Gasteiger partial charge is 0.410 e. The molecule has 0 bridgehead atoms. The summed E-state index contributed by atoms with van der Waals surface area (Å²) in [5.41, 5.74) is 1.99. The zero-order valence-electron chi connectivity index (χ0n) is 21.8. The van der Waals surface area contributed by atoms with Gasteiger partial charge < -0.3 is 18.9 Å². The maximum absolute atomic E-state index is 14.0. The lowest BCUT2D eigenvalue weighted by Gasteiger charge is -2.31. The third-order valence-electron chi connectivity index (χ3n) is 6.58. The van der Waals surface area contributed by atoms with Gasteiger partial charge in [0.1, 0.15) is 30.8 Å². The van der Waals surface area contributed by atoms with Crippen LogP contribution in [0.5, 0.6) is 0 Å². The average molecular weight is 528 g/mol. The molecule has 0 saturated carbocycles. The van der Waals surface area contributed by atoms with Crippen molar-refractivity contribution in [2.45, 2.75) is 57.8 Å². The first-order chi connectivity index (χ1) is 17.7. The number of hydrogen-bond acceptors (Lipinski definition) is 4. The molecule has 0 atom stereocenters. The molecule has 4 rings (SSSR count). The van der Waals surface area contributed by atoms with Crippen molar-refractivity contribution < 1.29 is 23.0 Å². The highest BCUT2D eigenvalue weighted by Gasteiger charge is 2.28. The molecule has 0 aliphatic carbocycles. The second kappa shape index (κ2) is 12.0. The summed E-state index contributed by atoms with van der Waals surface area (Å²) in [5, 5.41) is 0. The fourth-order valence-corrected chi connectivity index (χ4v) is 5.21. The van der Waals surface area contributed by atoms with Gasteiger partial charge in [0.25, 0.3) is 0 Å². The summed E-state index contributed by atoms with van der Waals surface area (Å²) < 4.78 is 41.4. The highest BCUT2D eigenvalue weighted by atomic mass is 28.3. The Hall–Kier alpha value is -3.04. The van der Waals surface area contributed by atoms with Crippen molar-refractivity contribution in [3.05, 3.63) is 77.8 Å². The quantitative estimate of drug-likeness (QED) is 0.231. The number of carbonyl (C=O) groups is 1. The van der Waals surface area contributed by atoms with Crippen LogP contribution in [0.1, 0.15) is 30.1 Å². The van der Waals surface area contributed by atoms with Gasteiger partial charge in [0, 0.05) is 45.3 Å². The number of carbonyl (C=O) groups excluding carboxylic acids is 1. The number of halogens is 2. The van der Waals surface area contributed by atoms with E-state index in [1.807, 2.05) is 34.9 Å². The molecule has 2 heterocycles. The summed E-state index contributed by atoms with van der Waals surface area (Å²) in [5.74, 6) is -0.367. The number of hydrogen-bond donors (Lipinski definition) is 0. The van der Waals surface area contributed by atoms with E-state index in [-0.39, 0.29) is 25.3 Å². The van der Waals surface area contributed by atoms with E-state index in [1.54, 1.807) is 11.1 Å². The van der Waals surface area contributed by atoms with Gasteiger partial charge in [-0.2, -0.15) is 0 Å². The van der Waals surface area contributed by atoms with Crippen molar-refractivity contribution in [2.24, 2.45) is 0 Å². The van der Waals surface area contributed by atoms with Crippen LogP contribution in [0.3, 0.4) is 0 Å². The van der Waals surface area contributed by atoms with Gasteiger partial charge >= 0.3 is 6.09 Å². The van der Waals surface area contributed by atoms with E-state index < -0.39 is 19.7 Å². The van der Waals surface area contributed by atoms with Gasteiger partial charge in [0.05, 0.1) is 11.9 Å². The number of nitrogens with zero attached hydrogens (tertiary/aromatic N) is 3. The largest absolute Gasteiger partial charge is 0.445 e. The minimum absolute atomic E-state index is 0.0888. The van der Waals surface area contributed by atoms with Crippen LogP contribution in [-0.4, -0.2) is 48.3 Å². The van der Waals surface area contributed by atoms with Crippen LogP contribution in [0.25, 0.3) is 11.3 Å². The van der Waals surface area contributed by atoms with Gasteiger partial charge in [-0.3, -0.25) is 0 Å². The second-order valence-corrected chi connectivity index (χ2v) is 16.4. The minimum atomic E-state index is -1.26. The molecule has 6 nitrogen and oxygen atoms in total. The molecule has 3 aromatic rings. The number of aromatic nitrogens is 2. The highest BCUT2D eigenvalue weighted by molar-refractivity contribution is 6.76. The standard InChI is InChI=1S/C28H35F2N3O3Si/c1-37(2,3)14-13-35-20-33-26(23-15-24(29)17-25(30)16-23)18-31-27(33)22-9-11-32(12-10-22)28(34)36-19-21-7-5-4-6-8-21/h4-8,15-18,22H,9-14,19-20H2,1-3H3. The van der Waals surface area contributed by atoms with Gasteiger partial charge in [-0.25, -0.2) is 18.6 Å². The third kappa shape index (κ3) is 7.49. The number of rotatable bonds is 9. The van der Waals surface area contributed by atoms with Gasteiger partial charge in [-0.15, -0.1) is 0 Å². The molecule has 0 unspecified atom stereocenters. The van der Waals surface area contributed by atoms with E-state index in [4.69, 9.17) is 9.47 Å². The molecule has 1 fully saturated rings. The Kier molecular flexibility index (Phi) is 8.76. The lowest BCUT2D eigenvalue weighted by atomic mass is 9.96. The van der Waals surface area contributed by atoms with E-state index in [1.165, 1.54) is 12.1 Å². The van der Waals surface area contributed by atoms with Crippen LogP contribution < -0.4 is 0 Å². The van der Waals surface area contributed by atoms with Gasteiger partial charge in [-0.05, 0) is 36.6 Å². The van der Waals surface area contributed by atoms with Crippen molar-refractivity contribution in [1.82, 2.24) is 14.5 Å². The Morgan fingerprint density at radius 3 is 2.38 bits per heavy atom. The topological polar surface area (TPSA) is 56.6 Å². The van der Waals surface area contributed by atoms with E-state index in [9.17, 15) is 13.6 Å². The first kappa shape index (κ1) is 27.0. The van der Waals surface area contributed by atoms with Crippen molar-refractivity contribution in [1.29, 1.82) is 0 Å². The lowest BCUT2D eigenvalue weighted by Crippen LogP contribution is -2.38. The average Bonchev–Trinajstić information content (AvgIpc) is 3.28. The monoisotopic (exact) mass is 527 g/mol. The van der Waals surface area contributed by atoms with Crippen molar-refractivity contribution in [3.63, 3.8) is 0 Å². The molecule has 198 valence electrons. The molecule has 1 amide bonds. The number of ether oxygens (including phenoxy) is 2. The normalized spacial score (nSPS) is 14.7. The molecule has 1 aliphatic heterocycles. The van der Waals surface area contributed by atoms with Crippen LogP contribution in [0.2, 0.25) is 25.7 Å². The Balaban J connectivity index is 1.44. The molecule has 37 heavy (non-hydrogen) atoms. The fraction of sp³-hybridized carbons (Fsp3) is 0.429. The fourth-order valence-electron chi connectivity index (χ4n) is 4.45. The zero-order chi connectivity index (χ0) is 26.4. The predicted molar refractivity (Wildman–Crippen MR) is 142 cm³/mol. The number of imidazole rings is 1. The summed E-state index contributed by atoms with van der Waals surface area (Å²) in [6.07, 6.45) is 2.76. The number of benzene rings is 2. The van der Waals surface area contributed by atoms with Crippen LogP contribution >= 0.6 is 0 Å². The number of piperidine rings is 1. The Morgan fingerprint density at radius 2 is 1.73 bits per heavy atom. The first-order valence-corrected chi connectivity index (χ1v) is 16.5. The zero-order valence-corrected chi connectivity index (χ0v) is 22.8. The van der Waals surface area contributed by atoms with Gasteiger partial charge in [-0.1, -0.05) is 50.0 Å². The molecule has 1 aromatic heterocycles. The van der Waals surface area contributed by atoms with Crippen LogP contribution in [0, 0.1) is 11.6 Å². The first-order valence-electron chi connectivity index (χ1n) is 12.7. The Morgan fingerprint density at radius 1 is 1.05 bits per heavy atom. The van der Waals surface area contributed by atoms with Crippen LogP contribution in [-0.2, 0) is 22.8 Å². The SMILES string of the molecule is C[Si](C)(C)CCOCn1c(-c2cc(F)cc(F)c2)cnc1C1CCN(C(=O)OCc2ccccc2)CC1. The van der Waals surface area contributed by atoms with E-state index in [0.717, 1.165) is 23.5 Å². The van der Waals surface area contributed by atoms with E-state index in [2.05, 4.69) is 24.6 Å². The van der Waals surface area contributed by atoms with Crippen molar-refractivity contribution in [2.75, 3.05) is 19.7 Å². The third-order valence-corrected chi connectivity index (χ3v) is 8.29. The summed E-state index contributed by atoms with van der Waals surface area (Å²) in [6, 6.07) is 14.1. The maximum Gasteiger partial charge on any atom is 0.410 e. The maximum atomic E-state index is 14.0. The molecule has 9 heteroatoms. The predicted octanol–water partition coefficient (Wildman–Crippen LogP) is 6.66. The number of amides is 1. The summed E-state index contributed by atoms with van der Waals surface area (Å²) in [4.78, 5) is 19.0. The summed E-state index contributed by atoms with van der Waals surface area (Å²) in [7, 11) is -1.26.